The third-order valence-electron chi connectivity index (χ3n) is 10.1. The zero-order valence-corrected chi connectivity index (χ0v) is 30.0. The van der Waals surface area contributed by atoms with Crippen LogP contribution in [-0.4, -0.2) is 24.9 Å². The molecule has 7 aromatic carbocycles. The molecule has 0 amide bonds. The highest BCUT2D eigenvalue weighted by molar-refractivity contribution is 6.25. The summed E-state index contributed by atoms with van der Waals surface area (Å²) in [7, 11) is 0. The van der Waals surface area contributed by atoms with E-state index in [9.17, 15) is 0 Å². The molecule has 0 fully saturated rings. The Labute approximate surface area is 323 Å². The second-order valence-corrected chi connectivity index (χ2v) is 13.5. The van der Waals surface area contributed by atoms with Crippen LogP contribution in [-0.2, 0) is 0 Å². The van der Waals surface area contributed by atoms with Gasteiger partial charge >= 0.3 is 0 Å². The molecule has 3 aromatic heterocycles. The van der Waals surface area contributed by atoms with Gasteiger partial charge in [0.15, 0.2) is 11.5 Å². The monoisotopic (exact) mass is 714 g/mol. The van der Waals surface area contributed by atoms with Gasteiger partial charge in [-0.25, -0.2) is 29.8 Å². The summed E-state index contributed by atoms with van der Waals surface area (Å²) in [6, 6.07) is 60.8. The number of benzene rings is 7. The average Bonchev–Trinajstić information content (AvgIpc) is 3.29. The molecule has 6 heteroatoms. The summed E-state index contributed by atoms with van der Waals surface area (Å²) < 4.78 is 0. The Balaban J connectivity index is 1.19. The van der Waals surface area contributed by atoms with E-state index in [0.717, 1.165) is 83.3 Å². The largest absolute Gasteiger partial charge is 0.248 e. The lowest BCUT2D eigenvalue weighted by molar-refractivity contribution is 1.18. The van der Waals surface area contributed by atoms with Crippen molar-refractivity contribution in [1.82, 2.24) is 24.9 Å². The molecule has 0 aliphatic heterocycles. The molecule has 0 unspecified atom stereocenters. The summed E-state index contributed by atoms with van der Waals surface area (Å²) in [5.74, 6) is 0.660. The van der Waals surface area contributed by atoms with Crippen LogP contribution in [0.1, 0.15) is 0 Å². The molecule has 56 heavy (non-hydrogen) atoms. The molecule has 0 N–H and O–H groups in total. The van der Waals surface area contributed by atoms with Crippen LogP contribution in [0.4, 0.5) is 5.69 Å². The molecule has 0 spiro atoms. The minimum absolute atomic E-state index is 0.474. The smallest absolute Gasteiger partial charge is 0.199 e. The standard InChI is InChI=1S/C50H30N6/c1-51-42-31-43-49(56-48(35-20-10-4-11-21-35)47(53-43)34-18-8-3-9-19-34)44-38-24-14-15-25-39(38)52-46(45(42)44)36-28-26-33(27-29-36)41-30-40(32-16-6-2-7-17-32)54-50(55-41)37-22-12-5-13-23-37/h2-31H. The Kier molecular flexibility index (Phi) is 8.09. The van der Waals surface area contributed by atoms with Crippen LogP contribution >= 0.6 is 0 Å². The van der Waals surface area contributed by atoms with Crippen molar-refractivity contribution in [3.05, 3.63) is 193 Å². The lowest BCUT2D eigenvalue weighted by Gasteiger charge is -2.16. The zero-order chi connectivity index (χ0) is 37.4. The molecule has 10 rings (SSSR count). The van der Waals surface area contributed by atoms with Gasteiger partial charge < -0.3 is 0 Å². The van der Waals surface area contributed by atoms with Gasteiger partial charge in [-0.2, -0.15) is 0 Å². The van der Waals surface area contributed by atoms with Gasteiger partial charge in [-0.15, -0.1) is 0 Å². The predicted molar refractivity (Wildman–Crippen MR) is 227 cm³/mol. The van der Waals surface area contributed by atoms with Crippen LogP contribution in [0.15, 0.2) is 182 Å². The number of aromatic nitrogens is 5. The maximum absolute atomic E-state index is 8.43. The van der Waals surface area contributed by atoms with Crippen molar-refractivity contribution in [2.45, 2.75) is 0 Å². The number of fused-ring (bicyclic) bond motifs is 5. The van der Waals surface area contributed by atoms with Crippen LogP contribution < -0.4 is 0 Å². The highest BCUT2D eigenvalue weighted by Crippen LogP contribution is 2.44. The van der Waals surface area contributed by atoms with Crippen molar-refractivity contribution in [3.63, 3.8) is 0 Å². The van der Waals surface area contributed by atoms with Crippen molar-refractivity contribution in [1.29, 1.82) is 0 Å². The normalized spacial score (nSPS) is 11.2. The average molecular weight is 715 g/mol. The summed E-state index contributed by atoms with van der Waals surface area (Å²) in [5.41, 5.74) is 12.3. The summed E-state index contributed by atoms with van der Waals surface area (Å²) >= 11 is 0. The van der Waals surface area contributed by atoms with Crippen molar-refractivity contribution < 1.29 is 0 Å². The predicted octanol–water partition coefficient (Wildman–Crippen LogP) is 12.7. The first-order valence-corrected chi connectivity index (χ1v) is 18.4. The molecule has 0 aliphatic rings. The first kappa shape index (κ1) is 32.7. The van der Waals surface area contributed by atoms with Crippen molar-refractivity contribution >= 4 is 38.4 Å². The van der Waals surface area contributed by atoms with E-state index in [0.29, 0.717) is 22.7 Å². The fourth-order valence-corrected chi connectivity index (χ4v) is 7.40. The van der Waals surface area contributed by atoms with Crippen molar-refractivity contribution in [3.8, 4) is 67.7 Å². The van der Waals surface area contributed by atoms with Crippen LogP contribution in [0.5, 0.6) is 0 Å². The van der Waals surface area contributed by atoms with Crippen molar-refractivity contribution in [2.75, 3.05) is 0 Å². The minimum atomic E-state index is 0.474. The number of nitrogens with zero attached hydrogens (tertiary/aromatic N) is 6. The Bertz CT molecular complexity index is 3050. The third-order valence-corrected chi connectivity index (χ3v) is 10.1. The molecule has 0 saturated carbocycles. The van der Waals surface area contributed by atoms with Gasteiger partial charge in [-0.05, 0) is 23.8 Å². The maximum Gasteiger partial charge on any atom is 0.199 e. The topological polar surface area (TPSA) is 68.8 Å². The van der Waals surface area contributed by atoms with Gasteiger partial charge in [0.25, 0.3) is 0 Å². The van der Waals surface area contributed by atoms with Gasteiger partial charge in [0.1, 0.15) is 0 Å². The summed E-state index contributed by atoms with van der Waals surface area (Å²) in [6.07, 6.45) is 0. The number of hydrogen-bond donors (Lipinski definition) is 0. The molecule has 0 bridgehead atoms. The Morgan fingerprint density at radius 2 is 0.821 bits per heavy atom. The van der Waals surface area contributed by atoms with E-state index >= 15 is 0 Å². The van der Waals surface area contributed by atoms with Crippen LogP contribution in [0.2, 0.25) is 0 Å². The van der Waals surface area contributed by atoms with E-state index in [1.54, 1.807) is 0 Å². The Morgan fingerprint density at radius 3 is 1.43 bits per heavy atom. The fraction of sp³-hybridized carbons (Fsp3) is 0. The maximum atomic E-state index is 8.43. The van der Waals surface area contributed by atoms with Crippen LogP contribution in [0.3, 0.4) is 0 Å². The highest BCUT2D eigenvalue weighted by atomic mass is 14.9. The summed E-state index contributed by atoms with van der Waals surface area (Å²) in [5, 5.41) is 2.53. The molecule has 260 valence electrons. The lowest BCUT2D eigenvalue weighted by atomic mass is 9.95. The summed E-state index contributed by atoms with van der Waals surface area (Å²) in [4.78, 5) is 30.0. The van der Waals surface area contributed by atoms with E-state index in [1.165, 1.54) is 0 Å². The van der Waals surface area contributed by atoms with E-state index in [2.05, 4.69) is 59.4 Å². The number of rotatable bonds is 6. The summed E-state index contributed by atoms with van der Waals surface area (Å²) in [6.45, 7) is 8.43. The van der Waals surface area contributed by atoms with E-state index in [4.69, 9.17) is 31.5 Å². The lowest BCUT2D eigenvalue weighted by Crippen LogP contribution is -1.98. The quantitative estimate of drug-likeness (QED) is 0.127. The van der Waals surface area contributed by atoms with E-state index in [1.807, 2.05) is 127 Å². The number of hydrogen-bond acceptors (Lipinski definition) is 5. The Hall–Kier alpha value is -7.88. The van der Waals surface area contributed by atoms with Gasteiger partial charge in [-0.1, -0.05) is 164 Å². The van der Waals surface area contributed by atoms with Gasteiger partial charge in [-0.3, -0.25) is 0 Å². The molecule has 0 saturated heterocycles. The van der Waals surface area contributed by atoms with Crippen molar-refractivity contribution in [2.24, 2.45) is 0 Å². The molecule has 10 aromatic rings. The van der Waals surface area contributed by atoms with Gasteiger partial charge in [0.05, 0.1) is 51.6 Å². The zero-order valence-electron chi connectivity index (χ0n) is 30.0. The Morgan fingerprint density at radius 1 is 0.357 bits per heavy atom. The highest BCUT2D eigenvalue weighted by Gasteiger charge is 2.22. The third kappa shape index (κ3) is 5.81. The van der Waals surface area contributed by atoms with E-state index < -0.39 is 0 Å². The second kappa shape index (κ2) is 13.8. The SMILES string of the molecule is [C-]#[N+]c1cc2nc(-c3ccccc3)c(-c3ccccc3)nc2c2c1c(-c1ccc(-c3cc(-c4ccccc4)nc(-c4ccccc4)n3)cc1)nc1ccccc12. The molecular weight excluding hydrogens is 685 g/mol. The first-order valence-electron chi connectivity index (χ1n) is 18.4. The number of pyridine rings is 1. The molecule has 6 nitrogen and oxygen atoms in total. The molecule has 0 radical (unpaired) electrons. The second-order valence-electron chi connectivity index (χ2n) is 13.5. The first-order chi connectivity index (χ1) is 27.7. The minimum Gasteiger partial charge on any atom is -0.248 e. The number of para-hydroxylation sites is 1. The molecule has 0 atom stereocenters. The van der Waals surface area contributed by atoms with Crippen LogP contribution in [0, 0.1) is 6.57 Å². The van der Waals surface area contributed by atoms with Crippen LogP contribution in [0.25, 0.3) is 105 Å². The van der Waals surface area contributed by atoms with E-state index in [-0.39, 0.29) is 0 Å². The molecular formula is C50H30N6. The van der Waals surface area contributed by atoms with Gasteiger partial charge in [0.2, 0.25) is 0 Å². The fourth-order valence-electron chi connectivity index (χ4n) is 7.40. The molecule has 3 heterocycles. The molecule has 0 aliphatic carbocycles. The van der Waals surface area contributed by atoms with Gasteiger partial charge in [0, 0.05) is 44.0 Å².